The van der Waals surface area contributed by atoms with Gasteiger partial charge in [0.25, 0.3) is 0 Å². The Hall–Kier alpha value is -3.98. The molecule has 8 heteroatoms. The maximum atomic E-state index is 13.4. The van der Waals surface area contributed by atoms with Crippen molar-refractivity contribution in [1.29, 1.82) is 0 Å². The molecule has 0 atom stereocenters. The number of ether oxygens (including phenoxy) is 1. The Morgan fingerprint density at radius 1 is 0.775 bits per heavy atom. The normalized spacial score (nSPS) is 14.7. The second kappa shape index (κ2) is 12.5. The fourth-order valence-corrected chi connectivity index (χ4v) is 6.50. The molecular weight excluding hydrogens is 522 g/mol. The molecular formula is C32H33N3O4S. The Kier molecular flexibility index (Phi) is 8.60. The van der Waals surface area contributed by atoms with E-state index in [0.29, 0.717) is 31.9 Å². The summed E-state index contributed by atoms with van der Waals surface area (Å²) in [6, 6.07) is 34.4. The van der Waals surface area contributed by atoms with Crippen molar-refractivity contribution in [1.82, 2.24) is 9.21 Å². The number of sulfonamides is 1. The van der Waals surface area contributed by atoms with Crippen molar-refractivity contribution >= 4 is 21.6 Å². The molecule has 0 unspecified atom stereocenters. The van der Waals surface area contributed by atoms with Gasteiger partial charge >= 0.3 is 0 Å². The van der Waals surface area contributed by atoms with Crippen LogP contribution in [0.1, 0.15) is 22.7 Å². The van der Waals surface area contributed by atoms with Crippen molar-refractivity contribution < 1.29 is 17.9 Å². The van der Waals surface area contributed by atoms with E-state index in [2.05, 4.69) is 34.5 Å². The first kappa shape index (κ1) is 27.6. The molecule has 0 spiro atoms. The summed E-state index contributed by atoms with van der Waals surface area (Å²) < 4.78 is 33.6. The van der Waals surface area contributed by atoms with Crippen molar-refractivity contribution in [3.05, 3.63) is 126 Å². The van der Waals surface area contributed by atoms with Gasteiger partial charge in [0.2, 0.25) is 15.9 Å². The van der Waals surface area contributed by atoms with Gasteiger partial charge in [-0.25, -0.2) is 8.42 Å². The number of carbonyl (C=O) groups is 1. The van der Waals surface area contributed by atoms with Crippen LogP contribution >= 0.6 is 0 Å². The van der Waals surface area contributed by atoms with Crippen LogP contribution in [0, 0.1) is 0 Å². The molecule has 1 N–H and O–H groups in total. The summed E-state index contributed by atoms with van der Waals surface area (Å²) in [5.41, 5.74) is 3.79. The van der Waals surface area contributed by atoms with Crippen LogP contribution in [0.15, 0.2) is 114 Å². The van der Waals surface area contributed by atoms with Crippen LogP contribution in [0.4, 0.5) is 5.69 Å². The highest BCUT2D eigenvalue weighted by Crippen LogP contribution is 2.30. The molecule has 4 aromatic rings. The number of anilines is 1. The average molecular weight is 556 g/mol. The molecule has 0 aromatic heterocycles. The van der Waals surface area contributed by atoms with Crippen molar-refractivity contribution in [3.63, 3.8) is 0 Å². The van der Waals surface area contributed by atoms with Crippen molar-refractivity contribution in [2.24, 2.45) is 0 Å². The number of hydrogen-bond donors (Lipinski definition) is 1. The minimum Gasteiger partial charge on any atom is -0.497 e. The van der Waals surface area contributed by atoms with Gasteiger partial charge < -0.3 is 10.1 Å². The number of amides is 1. The molecule has 7 nitrogen and oxygen atoms in total. The van der Waals surface area contributed by atoms with Gasteiger partial charge in [0, 0.05) is 31.9 Å². The molecule has 1 aliphatic rings. The summed E-state index contributed by atoms with van der Waals surface area (Å²) in [6.45, 7) is 2.04. The topological polar surface area (TPSA) is 78.9 Å². The highest BCUT2D eigenvalue weighted by molar-refractivity contribution is 7.89. The summed E-state index contributed by atoms with van der Waals surface area (Å²) in [5, 5.41) is 2.84. The predicted molar refractivity (Wildman–Crippen MR) is 157 cm³/mol. The maximum Gasteiger partial charge on any atom is 0.243 e. The summed E-state index contributed by atoms with van der Waals surface area (Å²) >= 11 is 0. The van der Waals surface area contributed by atoms with E-state index in [-0.39, 0.29) is 23.3 Å². The molecule has 1 fully saturated rings. The summed E-state index contributed by atoms with van der Waals surface area (Å²) in [6.07, 6.45) is 0.210. The van der Waals surface area contributed by atoms with Gasteiger partial charge in [0.15, 0.2) is 0 Å². The van der Waals surface area contributed by atoms with E-state index in [1.165, 1.54) is 11.1 Å². The average Bonchev–Trinajstić information content (AvgIpc) is 2.99. The monoisotopic (exact) mass is 555 g/mol. The largest absolute Gasteiger partial charge is 0.497 e. The minimum absolute atomic E-state index is 0.0630. The first-order valence-corrected chi connectivity index (χ1v) is 14.7. The Morgan fingerprint density at radius 2 is 1.32 bits per heavy atom. The van der Waals surface area contributed by atoms with Gasteiger partial charge in [0.05, 0.1) is 24.5 Å². The summed E-state index contributed by atoms with van der Waals surface area (Å²) in [5.74, 6) is 0.554. The van der Waals surface area contributed by atoms with E-state index in [4.69, 9.17) is 4.74 Å². The van der Waals surface area contributed by atoms with Crippen LogP contribution in [0.2, 0.25) is 0 Å². The molecule has 0 aliphatic carbocycles. The zero-order valence-corrected chi connectivity index (χ0v) is 23.3. The third kappa shape index (κ3) is 6.42. The quantitative estimate of drug-likeness (QED) is 0.316. The van der Waals surface area contributed by atoms with Gasteiger partial charge in [0.1, 0.15) is 5.75 Å². The molecule has 206 valence electrons. The highest BCUT2D eigenvalue weighted by atomic mass is 32.2. The first-order valence-electron chi connectivity index (χ1n) is 13.3. The van der Waals surface area contributed by atoms with Crippen LogP contribution in [-0.2, 0) is 21.2 Å². The number of nitrogens with one attached hydrogen (secondary N) is 1. The third-order valence-electron chi connectivity index (χ3n) is 7.17. The van der Waals surface area contributed by atoms with Crippen LogP contribution in [-0.4, -0.2) is 56.8 Å². The molecule has 1 saturated heterocycles. The zero-order valence-electron chi connectivity index (χ0n) is 22.4. The van der Waals surface area contributed by atoms with Gasteiger partial charge in [-0.15, -0.1) is 0 Å². The van der Waals surface area contributed by atoms with Crippen molar-refractivity contribution in [3.8, 4) is 5.75 Å². The second-order valence-electron chi connectivity index (χ2n) is 9.76. The lowest BCUT2D eigenvalue weighted by Gasteiger charge is -2.39. The van der Waals surface area contributed by atoms with Crippen LogP contribution in [0.25, 0.3) is 0 Å². The lowest BCUT2D eigenvalue weighted by Crippen LogP contribution is -2.49. The van der Waals surface area contributed by atoms with E-state index in [1.807, 2.05) is 60.7 Å². The van der Waals surface area contributed by atoms with Crippen LogP contribution < -0.4 is 10.1 Å². The molecule has 1 heterocycles. The molecule has 40 heavy (non-hydrogen) atoms. The lowest BCUT2D eigenvalue weighted by molar-refractivity contribution is -0.115. The van der Waals surface area contributed by atoms with E-state index >= 15 is 0 Å². The van der Waals surface area contributed by atoms with E-state index in [9.17, 15) is 13.2 Å². The number of methoxy groups -OCH3 is 1. The lowest BCUT2D eigenvalue weighted by atomic mass is 9.96. The van der Waals surface area contributed by atoms with E-state index in [0.717, 1.165) is 11.3 Å². The molecule has 0 saturated carbocycles. The Morgan fingerprint density at radius 3 is 1.85 bits per heavy atom. The predicted octanol–water partition coefficient (Wildman–Crippen LogP) is 4.97. The first-order chi connectivity index (χ1) is 19.4. The second-order valence-corrected chi connectivity index (χ2v) is 11.7. The van der Waals surface area contributed by atoms with E-state index in [1.54, 1.807) is 35.7 Å². The fraction of sp³-hybridized carbons (Fsp3) is 0.219. The third-order valence-corrected chi connectivity index (χ3v) is 9.08. The smallest absolute Gasteiger partial charge is 0.243 e. The number of carbonyl (C=O) groups excluding carboxylic acids is 1. The number of piperazine rings is 1. The maximum absolute atomic E-state index is 13.4. The highest BCUT2D eigenvalue weighted by Gasteiger charge is 2.32. The number of rotatable bonds is 9. The van der Waals surface area contributed by atoms with Gasteiger partial charge in [-0.05, 0) is 53.1 Å². The Labute approximate surface area is 236 Å². The number of hydrogen-bond acceptors (Lipinski definition) is 5. The van der Waals surface area contributed by atoms with Crippen molar-refractivity contribution in [2.75, 3.05) is 38.6 Å². The molecule has 1 aliphatic heterocycles. The van der Waals surface area contributed by atoms with Gasteiger partial charge in [-0.2, -0.15) is 4.31 Å². The molecule has 5 rings (SSSR count). The molecule has 0 radical (unpaired) electrons. The van der Waals surface area contributed by atoms with Crippen LogP contribution in [0.5, 0.6) is 5.75 Å². The molecule has 0 bridgehead atoms. The Bertz CT molecular complexity index is 1460. The molecule has 1 amide bonds. The molecule has 4 aromatic carbocycles. The Balaban J connectivity index is 1.21. The fourth-order valence-electron chi connectivity index (χ4n) is 5.08. The van der Waals surface area contributed by atoms with Gasteiger partial charge in [-0.1, -0.05) is 72.8 Å². The van der Waals surface area contributed by atoms with E-state index < -0.39 is 10.0 Å². The minimum atomic E-state index is -3.66. The summed E-state index contributed by atoms with van der Waals surface area (Å²) in [4.78, 5) is 15.0. The number of benzene rings is 4. The van der Waals surface area contributed by atoms with Crippen LogP contribution in [0.3, 0.4) is 0 Å². The van der Waals surface area contributed by atoms with Gasteiger partial charge in [-0.3, -0.25) is 9.69 Å². The number of nitrogens with zero attached hydrogens (tertiary/aromatic N) is 2. The SMILES string of the molecule is COc1ccc(CC(=O)Nc2ccc(S(=O)(=O)N3CCN(C(c4ccccc4)c4ccccc4)CC3)cc2)cc1. The van der Waals surface area contributed by atoms with Crippen molar-refractivity contribution in [2.45, 2.75) is 17.4 Å². The zero-order chi connectivity index (χ0) is 28.0. The summed E-state index contributed by atoms with van der Waals surface area (Å²) in [7, 11) is -2.06. The standard InChI is InChI=1S/C32H33N3O4S/c1-39-29-16-12-25(13-17-29)24-31(36)33-28-14-18-30(19-15-28)40(37,38)35-22-20-34(21-23-35)32(26-8-4-2-5-9-26)27-10-6-3-7-11-27/h2-19,32H,20-24H2,1H3,(H,33,36).